The van der Waals surface area contributed by atoms with Crippen molar-refractivity contribution in [3.05, 3.63) is 75.6 Å². The van der Waals surface area contributed by atoms with Crippen molar-refractivity contribution < 1.29 is 23.5 Å². The summed E-state index contributed by atoms with van der Waals surface area (Å²) < 4.78 is 15.5. The molecule has 1 N–H and O–H groups in total. The van der Waals surface area contributed by atoms with Crippen LogP contribution in [0.4, 0.5) is 0 Å². The highest BCUT2D eigenvalue weighted by atomic mass is 16.5. The maximum atomic E-state index is 12.1. The Morgan fingerprint density at radius 1 is 1.07 bits per heavy atom. The fourth-order valence-corrected chi connectivity index (χ4v) is 2.82. The Kier molecular flexibility index (Phi) is 6.29. The van der Waals surface area contributed by atoms with E-state index in [1.165, 1.54) is 13.2 Å². The zero-order valence-corrected chi connectivity index (χ0v) is 16.2. The molecule has 0 fully saturated rings. The summed E-state index contributed by atoms with van der Waals surface area (Å²) in [6.07, 6.45) is 0.812. The third-order valence-electron chi connectivity index (χ3n) is 4.44. The Labute approximate surface area is 167 Å². The molecular formula is C22H21NO6. The Balaban J connectivity index is 1.60. The minimum atomic E-state index is -0.613. The first-order valence-corrected chi connectivity index (χ1v) is 9.13. The van der Waals surface area contributed by atoms with Crippen molar-refractivity contribution in [2.75, 3.05) is 13.7 Å². The van der Waals surface area contributed by atoms with E-state index in [0.717, 1.165) is 12.0 Å². The predicted molar refractivity (Wildman–Crippen MR) is 107 cm³/mol. The number of rotatable bonds is 7. The fourth-order valence-electron chi connectivity index (χ4n) is 2.82. The van der Waals surface area contributed by atoms with Gasteiger partial charge in [0.15, 0.2) is 0 Å². The van der Waals surface area contributed by atoms with Gasteiger partial charge < -0.3 is 19.2 Å². The van der Waals surface area contributed by atoms with Crippen LogP contribution in [-0.2, 0) is 22.6 Å². The highest BCUT2D eigenvalue weighted by Crippen LogP contribution is 2.20. The van der Waals surface area contributed by atoms with E-state index in [-0.39, 0.29) is 13.2 Å². The van der Waals surface area contributed by atoms with Crippen molar-refractivity contribution in [1.29, 1.82) is 0 Å². The third kappa shape index (κ3) is 5.01. The van der Waals surface area contributed by atoms with Gasteiger partial charge in [-0.25, -0.2) is 4.79 Å². The second-order valence-electron chi connectivity index (χ2n) is 6.35. The fraction of sp³-hybridized carbons (Fsp3) is 0.227. The zero-order valence-electron chi connectivity index (χ0n) is 16.2. The monoisotopic (exact) mass is 395 g/mol. The van der Waals surface area contributed by atoms with Crippen LogP contribution in [0.5, 0.6) is 5.75 Å². The lowest BCUT2D eigenvalue weighted by Crippen LogP contribution is -2.30. The summed E-state index contributed by atoms with van der Waals surface area (Å²) in [7, 11) is 1.54. The van der Waals surface area contributed by atoms with E-state index in [9.17, 15) is 14.4 Å². The van der Waals surface area contributed by atoms with Crippen LogP contribution in [0.3, 0.4) is 0 Å². The van der Waals surface area contributed by atoms with Crippen LogP contribution in [0.15, 0.2) is 57.7 Å². The quantitative estimate of drug-likeness (QED) is 0.488. The van der Waals surface area contributed by atoms with E-state index in [1.807, 2.05) is 19.1 Å². The number of fused-ring (bicyclic) bond motifs is 1. The number of nitrogens with one attached hydrogen (secondary N) is 1. The summed E-state index contributed by atoms with van der Waals surface area (Å²) in [5, 5.41) is 3.21. The van der Waals surface area contributed by atoms with Crippen LogP contribution < -0.4 is 15.7 Å². The molecular weight excluding hydrogens is 374 g/mol. The number of aryl methyl sites for hydroxylation is 1. The molecule has 7 heteroatoms. The number of hydrogen-bond donors (Lipinski definition) is 1. The summed E-state index contributed by atoms with van der Waals surface area (Å²) in [4.78, 5) is 35.9. The second-order valence-corrected chi connectivity index (χ2v) is 6.35. The maximum Gasteiger partial charge on any atom is 0.336 e. The number of methoxy groups -OCH3 is 1. The van der Waals surface area contributed by atoms with E-state index in [0.29, 0.717) is 27.8 Å². The lowest BCUT2D eigenvalue weighted by molar-refractivity contribution is -0.143. The Hall–Kier alpha value is -3.61. The van der Waals surface area contributed by atoms with Gasteiger partial charge in [-0.3, -0.25) is 9.59 Å². The van der Waals surface area contributed by atoms with Gasteiger partial charge >= 0.3 is 11.6 Å². The number of benzene rings is 2. The Morgan fingerprint density at radius 2 is 1.83 bits per heavy atom. The second kappa shape index (κ2) is 9.05. The van der Waals surface area contributed by atoms with Gasteiger partial charge in [0, 0.05) is 22.6 Å². The van der Waals surface area contributed by atoms with E-state index >= 15 is 0 Å². The first kappa shape index (κ1) is 20.1. The van der Waals surface area contributed by atoms with Crippen molar-refractivity contribution in [2.45, 2.75) is 20.0 Å². The largest absolute Gasteiger partial charge is 0.497 e. The van der Waals surface area contributed by atoms with Crippen molar-refractivity contribution >= 4 is 22.8 Å². The van der Waals surface area contributed by atoms with Gasteiger partial charge in [-0.05, 0) is 42.3 Å². The van der Waals surface area contributed by atoms with Gasteiger partial charge in [-0.1, -0.05) is 19.1 Å². The third-order valence-corrected chi connectivity index (χ3v) is 4.44. The molecule has 1 aromatic heterocycles. The minimum Gasteiger partial charge on any atom is -0.497 e. The van der Waals surface area contributed by atoms with Gasteiger partial charge in [0.1, 0.15) is 24.5 Å². The molecule has 0 radical (unpaired) electrons. The molecule has 0 aliphatic rings. The van der Waals surface area contributed by atoms with E-state index in [2.05, 4.69) is 5.32 Å². The van der Waals surface area contributed by atoms with Crippen molar-refractivity contribution in [3.63, 3.8) is 0 Å². The molecule has 0 saturated carbocycles. The molecule has 29 heavy (non-hydrogen) atoms. The van der Waals surface area contributed by atoms with Gasteiger partial charge in [0.05, 0.1) is 7.11 Å². The molecule has 0 bridgehead atoms. The van der Waals surface area contributed by atoms with E-state index < -0.39 is 17.5 Å². The van der Waals surface area contributed by atoms with E-state index in [1.54, 1.807) is 30.3 Å². The highest BCUT2D eigenvalue weighted by Gasteiger charge is 2.12. The molecule has 2 aromatic carbocycles. The van der Waals surface area contributed by atoms with Crippen LogP contribution in [0.2, 0.25) is 0 Å². The number of carbonyl (C=O) groups is 2. The SMILES string of the molecule is CCc1ccc2c(COC(=O)CNC(=O)c3ccc(OC)cc3)cc(=O)oc2c1. The normalized spacial score (nSPS) is 10.6. The Morgan fingerprint density at radius 3 is 2.52 bits per heavy atom. The zero-order chi connectivity index (χ0) is 20.8. The van der Waals surface area contributed by atoms with Gasteiger partial charge in [0.2, 0.25) is 0 Å². The standard InChI is InChI=1S/C22H21NO6/c1-3-14-4-9-18-16(11-20(24)29-19(18)10-14)13-28-21(25)12-23-22(26)15-5-7-17(27-2)8-6-15/h4-11H,3,12-13H2,1-2H3,(H,23,26). The lowest BCUT2D eigenvalue weighted by Gasteiger charge is -2.09. The molecule has 150 valence electrons. The topological polar surface area (TPSA) is 94.8 Å². The van der Waals surface area contributed by atoms with Crippen LogP contribution in [-0.4, -0.2) is 25.5 Å². The molecule has 1 heterocycles. The average Bonchev–Trinajstić information content (AvgIpc) is 2.75. The molecule has 3 aromatic rings. The summed E-state index contributed by atoms with van der Waals surface area (Å²) in [5.74, 6) is -0.382. The maximum absolute atomic E-state index is 12.1. The minimum absolute atomic E-state index is 0.0924. The number of carbonyl (C=O) groups excluding carboxylic acids is 2. The molecule has 0 aliphatic heterocycles. The number of hydrogen-bond acceptors (Lipinski definition) is 6. The molecule has 0 unspecified atom stereocenters. The molecule has 7 nitrogen and oxygen atoms in total. The molecule has 0 aliphatic carbocycles. The van der Waals surface area contributed by atoms with Gasteiger partial charge in [-0.15, -0.1) is 0 Å². The number of ether oxygens (including phenoxy) is 2. The molecule has 3 rings (SSSR count). The summed E-state index contributed by atoms with van der Waals surface area (Å²) in [6, 6.07) is 13.4. The van der Waals surface area contributed by atoms with Crippen molar-refractivity contribution in [2.24, 2.45) is 0 Å². The van der Waals surface area contributed by atoms with Crippen molar-refractivity contribution in [1.82, 2.24) is 5.32 Å². The van der Waals surface area contributed by atoms with Crippen LogP contribution in [0.25, 0.3) is 11.0 Å². The first-order chi connectivity index (χ1) is 14.0. The van der Waals surface area contributed by atoms with Gasteiger partial charge in [0.25, 0.3) is 5.91 Å². The highest BCUT2D eigenvalue weighted by molar-refractivity contribution is 5.96. The Bertz CT molecular complexity index is 1080. The average molecular weight is 395 g/mol. The van der Waals surface area contributed by atoms with E-state index in [4.69, 9.17) is 13.9 Å². The molecule has 0 saturated heterocycles. The number of esters is 1. The predicted octanol–water partition coefficient (Wildman–Crippen LogP) is 2.84. The number of amides is 1. The van der Waals surface area contributed by atoms with Crippen LogP contribution in [0.1, 0.15) is 28.4 Å². The lowest BCUT2D eigenvalue weighted by atomic mass is 10.1. The molecule has 1 amide bonds. The summed E-state index contributed by atoms with van der Waals surface area (Å²) in [6.45, 7) is 1.63. The molecule has 0 atom stereocenters. The van der Waals surface area contributed by atoms with Crippen LogP contribution >= 0.6 is 0 Å². The van der Waals surface area contributed by atoms with Crippen LogP contribution in [0, 0.1) is 0 Å². The summed E-state index contributed by atoms with van der Waals surface area (Å²) in [5.41, 5.74) is 1.93. The molecule has 0 spiro atoms. The summed E-state index contributed by atoms with van der Waals surface area (Å²) >= 11 is 0. The smallest absolute Gasteiger partial charge is 0.336 e. The van der Waals surface area contributed by atoms with Crippen molar-refractivity contribution in [3.8, 4) is 5.75 Å². The van der Waals surface area contributed by atoms with Gasteiger partial charge in [-0.2, -0.15) is 0 Å². The first-order valence-electron chi connectivity index (χ1n) is 9.13.